The van der Waals surface area contributed by atoms with Crippen molar-refractivity contribution in [1.82, 2.24) is 4.90 Å². The third kappa shape index (κ3) is 3.93. The maximum atomic E-state index is 12.5. The molecule has 0 spiro atoms. The molecule has 2 fully saturated rings. The van der Waals surface area contributed by atoms with Gasteiger partial charge in [-0.3, -0.25) is 4.79 Å². The smallest absolute Gasteiger partial charge is 0.251 e. The molecule has 0 saturated carbocycles. The summed E-state index contributed by atoms with van der Waals surface area (Å²) in [6.07, 6.45) is 6.04. The maximum Gasteiger partial charge on any atom is 0.251 e. The van der Waals surface area contributed by atoms with Gasteiger partial charge in [-0.05, 0) is 32.6 Å². The minimum Gasteiger partial charge on any atom is -0.378 e. The second-order valence-corrected chi connectivity index (χ2v) is 6.04. The van der Waals surface area contributed by atoms with Gasteiger partial charge in [0.15, 0.2) is 0 Å². The molecule has 2 rings (SSSR count). The third-order valence-corrected chi connectivity index (χ3v) is 4.35. The standard InChI is InChI=1S/C15H28N2O3/c1-13(14(18)17-8-4-2-3-5-9-17)20-15(11-16)7-6-10-19-12-15/h13H,2-12,16H2,1H3. The molecule has 2 aliphatic heterocycles. The maximum absolute atomic E-state index is 12.5. The van der Waals surface area contributed by atoms with Gasteiger partial charge in [0, 0.05) is 26.2 Å². The average Bonchev–Trinajstić information content (AvgIpc) is 2.76. The predicted octanol–water partition coefficient (Wildman–Crippen LogP) is 1.30. The molecule has 2 N–H and O–H groups in total. The van der Waals surface area contributed by atoms with Gasteiger partial charge in [-0.2, -0.15) is 0 Å². The Balaban J connectivity index is 1.91. The molecule has 2 heterocycles. The van der Waals surface area contributed by atoms with Crippen LogP contribution in [0.2, 0.25) is 0 Å². The molecular formula is C15H28N2O3. The molecule has 0 aromatic rings. The molecule has 20 heavy (non-hydrogen) atoms. The van der Waals surface area contributed by atoms with E-state index in [1.807, 2.05) is 11.8 Å². The predicted molar refractivity (Wildman–Crippen MR) is 77.4 cm³/mol. The summed E-state index contributed by atoms with van der Waals surface area (Å²) >= 11 is 0. The van der Waals surface area contributed by atoms with Crippen molar-refractivity contribution in [3.63, 3.8) is 0 Å². The van der Waals surface area contributed by atoms with Crippen LogP contribution in [0.25, 0.3) is 0 Å². The van der Waals surface area contributed by atoms with E-state index in [0.717, 1.165) is 45.4 Å². The number of likely N-dealkylation sites (tertiary alicyclic amines) is 1. The fraction of sp³-hybridized carbons (Fsp3) is 0.933. The van der Waals surface area contributed by atoms with Crippen molar-refractivity contribution >= 4 is 5.91 Å². The largest absolute Gasteiger partial charge is 0.378 e. The summed E-state index contributed by atoms with van der Waals surface area (Å²) < 4.78 is 11.5. The molecule has 2 aliphatic rings. The van der Waals surface area contributed by atoms with E-state index in [-0.39, 0.29) is 5.91 Å². The summed E-state index contributed by atoms with van der Waals surface area (Å²) in [4.78, 5) is 14.5. The van der Waals surface area contributed by atoms with Gasteiger partial charge >= 0.3 is 0 Å². The van der Waals surface area contributed by atoms with Gasteiger partial charge in [-0.1, -0.05) is 12.8 Å². The topological polar surface area (TPSA) is 64.8 Å². The molecule has 116 valence electrons. The van der Waals surface area contributed by atoms with E-state index in [4.69, 9.17) is 15.2 Å². The van der Waals surface area contributed by atoms with Crippen molar-refractivity contribution in [1.29, 1.82) is 0 Å². The zero-order chi connectivity index (χ0) is 14.4. The second-order valence-electron chi connectivity index (χ2n) is 6.04. The SMILES string of the molecule is CC(OC1(CN)CCCOC1)C(=O)N1CCCCCC1. The van der Waals surface area contributed by atoms with Crippen LogP contribution in [0.3, 0.4) is 0 Å². The van der Waals surface area contributed by atoms with Crippen molar-refractivity contribution in [3.8, 4) is 0 Å². The fourth-order valence-electron chi connectivity index (χ4n) is 3.10. The summed E-state index contributed by atoms with van der Waals surface area (Å²) in [5.74, 6) is 0.102. The van der Waals surface area contributed by atoms with E-state index < -0.39 is 11.7 Å². The van der Waals surface area contributed by atoms with Crippen LogP contribution >= 0.6 is 0 Å². The molecule has 2 atom stereocenters. The molecule has 5 nitrogen and oxygen atoms in total. The Kier molecular flexibility index (Phi) is 5.81. The fourth-order valence-corrected chi connectivity index (χ4v) is 3.10. The van der Waals surface area contributed by atoms with Crippen molar-refractivity contribution in [2.24, 2.45) is 5.73 Å². The van der Waals surface area contributed by atoms with Gasteiger partial charge < -0.3 is 20.1 Å². The minimum atomic E-state index is -0.473. The number of rotatable bonds is 4. The van der Waals surface area contributed by atoms with Gasteiger partial charge in [-0.25, -0.2) is 0 Å². The summed E-state index contributed by atoms with van der Waals surface area (Å²) in [5, 5.41) is 0. The van der Waals surface area contributed by atoms with Crippen molar-refractivity contribution < 1.29 is 14.3 Å². The number of carbonyl (C=O) groups is 1. The molecule has 0 bridgehead atoms. The number of ether oxygens (including phenoxy) is 2. The highest BCUT2D eigenvalue weighted by molar-refractivity contribution is 5.80. The number of nitrogens with two attached hydrogens (primary N) is 1. The number of carbonyl (C=O) groups excluding carboxylic acids is 1. The van der Waals surface area contributed by atoms with Gasteiger partial charge in [-0.15, -0.1) is 0 Å². The van der Waals surface area contributed by atoms with Gasteiger partial charge in [0.2, 0.25) is 0 Å². The Morgan fingerprint density at radius 2 is 2.00 bits per heavy atom. The van der Waals surface area contributed by atoms with E-state index in [9.17, 15) is 4.79 Å². The van der Waals surface area contributed by atoms with Crippen LogP contribution in [0.1, 0.15) is 45.4 Å². The monoisotopic (exact) mass is 284 g/mol. The third-order valence-electron chi connectivity index (χ3n) is 4.35. The first-order valence-corrected chi connectivity index (χ1v) is 7.91. The van der Waals surface area contributed by atoms with Crippen LogP contribution in [-0.2, 0) is 14.3 Å². The molecular weight excluding hydrogens is 256 g/mol. The van der Waals surface area contributed by atoms with Crippen LogP contribution in [0.15, 0.2) is 0 Å². The van der Waals surface area contributed by atoms with Crippen LogP contribution in [0, 0.1) is 0 Å². The summed E-state index contributed by atoms with van der Waals surface area (Å²) in [6.45, 7) is 5.24. The van der Waals surface area contributed by atoms with Crippen molar-refractivity contribution in [2.45, 2.75) is 57.2 Å². The van der Waals surface area contributed by atoms with E-state index in [0.29, 0.717) is 13.2 Å². The van der Waals surface area contributed by atoms with E-state index in [1.165, 1.54) is 12.8 Å². The van der Waals surface area contributed by atoms with Crippen LogP contribution in [0.4, 0.5) is 0 Å². The molecule has 2 saturated heterocycles. The molecule has 0 aliphatic carbocycles. The zero-order valence-electron chi connectivity index (χ0n) is 12.6. The quantitative estimate of drug-likeness (QED) is 0.845. The first kappa shape index (κ1) is 15.7. The lowest BCUT2D eigenvalue weighted by molar-refractivity contribution is -0.172. The minimum absolute atomic E-state index is 0.102. The summed E-state index contributed by atoms with van der Waals surface area (Å²) in [7, 11) is 0. The van der Waals surface area contributed by atoms with Crippen molar-refractivity contribution in [3.05, 3.63) is 0 Å². The molecule has 2 unspecified atom stereocenters. The summed E-state index contributed by atoms with van der Waals surface area (Å²) in [6, 6.07) is 0. The van der Waals surface area contributed by atoms with E-state index >= 15 is 0 Å². The van der Waals surface area contributed by atoms with Crippen LogP contribution in [-0.4, -0.2) is 55.4 Å². The normalized spacial score (nSPS) is 29.8. The average molecular weight is 284 g/mol. The van der Waals surface area contributed by atoms with Crippen LogP contribution in [0.5, 0.6) is 0 Å². The molecule has 0 aromatic carbocycles. The first-order valence-electron chi connectivity index (χ1n) is 7.91. The lowest BCUT2D eigenvalue weighted by atomic mass is 9.96. The Bertz CT molecular complexity index is 308. The number of amides is 1. The highest BCUT2D eigenvalue weighted by Gasteiger charge is 2.36. The molecule has 0 radical (unpaired) electrons. The molecule has 5 heteroatoms. The Hall–Kier alpha value is -0.650. The van der Waals surface area contributed by atoms with Gasteiger partial charge in [0.25, 0.3) is 5.91 Å². The van der Waals surface area contributed by atoms with Crippen LogP contribution < -0.4 is 5.73 Å². The number of hydrogen-bond donors (Lipinski definition) is 1. The highest BCUT2D eigenvalue weighted by atomic mass is 16.6. The molecule has 0 aromatic heterocycles. The first-order chi connectivity index (χ1) is 9.67. The van der Waals surface area contributed by atoms with E-state index in [2.05, 4.69) is 0 Å². The lowest BCUT2D eigenvalue weighted by Crippen LogP contribution is -2.52. The van der Waals surface area contributed by atoms with Gasteiger partial charge in [0.1, 0.15) is 11.7 Å². The van der Waals surface area contributed by atoms with Crippen molar-refractivity contribution in [2.75, 3.05) is 32.8 Å². The highest BCUT2D eigenvalue weighted by Crippen LogP contribution is 2.25. The zero-order valence-corrected chi connectivity index (χ0v) is 12.6. The molecule has 1 amide bonds. The Morgan fingerprint density at radius 3 is 2.55 bits per heavy atom. The summed E-state index contributed by atoms with van der Waals surface area (Å²) in [5.41, 5.74) is 5.39. The number of hydrogen-bond acceptors (Lipinski definition) is 4. The second kappa shape index (κ2) is 7.38. The number of nitrogens with zero attached hydrogens (tertiary/aromatic N) is 1. The Morgan fingerprint density at radius 1 is 1.30 bits per heavy atom. The van der Waals surface area contributed by atoms with E-state index in [1.54, 1.807) is 0 Å². The Labute approximate surface area is 121 Å². The van der Waals surface area contributed by atoms with Gasteiger partial charge in [0.05, 0.1) is 6.61 Å². The lowest BCUT2D eigenvalue weighted by Gasteiger charge is -2.38.